The van der Waals surface area contributed by atoms with E-state index in [1.165, 1.54) is 15.9 Å². The van der Waals surface area contributed by atoms with Crippen molar-refractivity contribution in [2.24, 2.45) is 4.99 Å². The summed E-state index contributed by atoms with van der Waals surface area (Å²) in [5.41, 5.74) is 2.09. The minimum Gasteiger partial charge on any atom is -0.494 e. The Morgan fingerprint density at radius 2 is 1.91 bits per heavy atom. The summed E-state index contributed by atoms with van der Waals surface area (Å²) < 4.78 is 13.0. The summed E-state index contributed by atoms with van der Waals surface area (Å²) >= 11 is 7.80. The van der Waals surface area contributed by atoms with Crippen LogP contribution in [0.25, 0.3) is 6.08 Å². The second kappa shape index (κ2) is 10.4. The highest BCUT2D eigenvalue weighted by Gasteiger charge is 2.34. The van der Waals surface area contributed by atoms with E-state index in [-0.39, 0.29) is 12.2 Å². The lowest BCUT2D eigenvalue weighted by atomic mass is 9.96. The van der Waals surface area contributed by atoms with Gasteiger partial charge in [-0.05, 0) is 55.7 Å². The highest BCUT2D eigenvalue weighted by molar-refractivity contribution is 7.07. The predicted octanol–water partition coefficient (Wildman–Crippen LogP) is 4.24. The van der Waals surface area contributed by atoms with E-state index < -0.39 is 12.0 Å². The predicted molar refractivity (Wildman–Crippen MR) is 134 cm³/mol. The molecule has 0 N–H and O–H groups in total. The fourth-order valence-electron chi connectivity index (χ4n) is 3.81. The van der Waals surface area contributed by atoms with Crippen LogP contribution in [0.5, 0.6) is 5.75 Å². The average molecular weight is 497 g/mol. The number of carbonyl (C=O) groups is 1. The lowest BCUT2D eigenvalue weighted by molar-refractivity contribution is -0.139. The molecule has 1 aliphatic rings. The van der Waals surface area contributed by atoms with Crippen LogP contribution in [0.3, 0.4) is 0 Å². The monoisotopic (exact) mass is 496 g/mol. The van der Waals surface area contributed by atoms with E-state index >= 15 is 0 Å². The van der Waals surface area contributed by atoms with Gasteiger partial charge in [0.25, 0.3) is 5.56 Å². The molecule has 0 unspecified atom stereocenters. The maximum atomic E-state index is 13.6. The molecule has 176 valence electrons. The van der Waals surface area contributed by atoms with E-state index in [0.717, 1.165) is 17.7 Å². The number of fused-ring (bicyclic) bond motifs is 1. The Bertz CT molecular complexity index is 1420. The maximum absolute atomic E-state index is 13.6. The molecule has 0 amide bonds. The molecule has 2 heterocycles. The maximum Gasteiger partial charge on any atom is 0.338 e. The number of allylic oxidation sites excluding steroid dienone is 1. The van der Waals surface area contributed by atoms with Crippen molar-refractivity contribution >= 4 is 35.0 Å². The summed E-state index contributed by atoms with van der Waals surface area (Å²) in [5.74, 6) is 0.277. The zero-order chi connectivity index (χ0) is 24.2. The average Bonchev–Trinajstić information content (AvgIpc) is 3.12. The van der Waals surface area contributed by atoms with Crippen molar-refractivity contribution in [1.29, 1.82) is 0 Å². The fraction of sp³-hybridized carbons (Fsp3) is 0.269. The Morgan fingerprint density at radius 1 is 1.18 bits per heavy atom. The summed E-state index contributed by atoms with van der Waals surface area (Å²) in [6.45, 7) is 6.42. The van der Waals surface area contributed by atoms with Crippen molar-refractivity contribution in [2.75, 3.05) is 13.2 Å². The molecule has 3 aromatic rings. The van der Waals surface area contributed by atoms with E-state index in [0.29, 0.717) is 37.8 Å². The molecule has 0 bridgehead atoms. The smallest absolute Gasteiger partial charge is 0.338 e. The molecule has 0 fully saturated rings. The zero-order valence-electron chi connectivity index (χ0n) is 19.2. The second-order valence-corrected chi connectivity index (χ2v) is 9.16. The normalized spacial score (nSPS) is 15.6. The van der Waals surface area contributed by atoms with Crippen LogP contribution < -0.4 is 19.6 Å². The van der Waals surface area contributed by atoms with Gasteiger partial charge >= 0.3 is 5.97 Å². The summed E-state index contributed by atoms with van der Waals surface area (Å²) in [6.07, 6.45) is 2.75. The van der Waals surface area contributed by atoms with Gasteiger partial charge in [-0.3, -0.25) is 9.36 Å². The third kappa shape index (κ3) is 4.72. The van der Waals surface area contributed by atoms with E-state index in [1.807, 2.05) is 48.5 Å². The van der Waals surface area contributed by atoms with Crippen molar-refractivity contribution in [3.05, 3.63) is 95.6 Å². The van der Waals surface area contributed by atoms with Gasteiger partial charge in [0.1, 0.15) is 11.8 Å². The largest absolute Gasteiger partial charge is 0.494 e. The Kier molecular flexibility index (Phi) is 7.34. The SMILES string of the molecule is CCCOc1ccc(/C=c2/sc3n(c2=O)[C@@H](c2ccccc2Cl)C(C(=O)OCC)=C(C)N=3)cc1. The van der Waals surface area contributed by atoms with E-state index in [9.17, 15) is 9.59 Å². The Hall–Kier alpha value is -3.16. The first-order valence-electron chi connectivity index (χ1n) is 11.1. The third-order valence-electron chi connectivity index (χ3n) is 5.37. The van der Waals surface area contributed by atoms with Gasteiger partial charge in [0.2, 0.25) is 0 Å². The number of nitrogens with zero attached hydrogens (tertiary/aromatic N) is 2. The Balaban J connectivity index is 1.86. The van der Waals surface area contributed by atoms with Gasteiger partial charge < -0.3 is 9.47 Å². The van der Waals surface area contributed by atoms with Crippen LogP contribution in [0.15, 0.2) is 69.6 Å². The number of esters is 1. The molecule has 1 aromatic heterocycles. The molecule has 6 nitrogen and oxygen atoms in total. The van der Waals surface area contributed by atoms with Gasteiger partial charge in [-0.1, -0.05) is 60.2 Å². The Labute approximate surface area is 206 Å². The van der Waals surface area contributed by atoms with Crippen molar-refractivity contribution in [3.63, 3.8) is 0 Å². The second-order valence-electron chi connectivity index (χ2n) is 7.74. The highest BCUT2D eigenvalue weighted by Crippen LogP contribution is 2.34. The number of ether oxygens (including phenoxy) is 2. The van der Waals surface area contributed by atoms with Crippen LogP contribution in [-0.4, -0.2) is 23.8 Å². The summed E-state index contributed by atoms with van der Waals surface area (Å²) in [7, 11) is 0. The molecule has 4 rings (SSSR count). The highest BCUT2D eigenvalue weighted by atomic mass is 35.5. The number of carbonyl (C=O) groups excluding carboxylic acids is 1. The zero-order valence-corrected chi connectivity index (χ0v) is 20.8. The van der Waals surface area contributed by atoms with Gasteiger partial charge in [-0.15, -0.1) is 0 Å². The standard InChI is InChI=1S/C26H25ClN2O4S/c1-4-14-33-18-12-10-17(11-13-18)15-21-24(30)29-23(19-8-6-7-9-20(19)27)22(25(31)32-5-2)16(3)28-26(29)34-21/h6-13,15,23H,4-5,14H2,1-3H3/b21-15+/t23-/m0/s1. The molecule has 1 aliphatic heterocycles. The Morgan fingerprint density at radius 3 is 2.59 bits per heavy atom. The molecule has 0 aliphatic carbocycles. The topological polar surface area (TPSA) is 69.9 Å². The molecular weight excluding hydrogens is 472 g/mol. The molecule has 34 heavy (non-hydrogen) atoms. The number of rotatable bonds is 7. The van der Waals surface area contributed by atoms with Crippen LogP contribution in [0.1, 0.15) is 44.4 Å². The van der Waals surface area contributed by atoms with Crippen molar-refractivity contribution in [3.8, 4) is 5.75 Å². The van der Waals surface area contributed by atoms with Gasteiger partial charge in [-0.2, -0.15) is 0 Å². The lowest BCUT2D eigenvalue weighted by Crippen LogP contribution is -2.40. The van der Waals surface area contributed by atoms with E-state index in [1.54, 1.807) is 19.9 Å². The van der Waals surface area contributed by atoms with Gasteiger partial charge in [0.15, 0.2) is 4.80 Å². The van der Waals surface area contributed by atoms with Crippen molar-refractivity contribution in [2.45, 2.75) is 33.2 Å². The molecule has 0 saturated heterocycles. The van der Waals surface area contributed by atoms with Crippen molar-refractivity contribution < 1.29 is 14.3 Å². The minimum absolute atomic E-state index is 0.216. The molecule has 0 radical (unpaired) electrons. The van der Waals surface area contributed by atoms with Crippen LogP contribution in [0.2, 0.25) is 5.02 Å². The summed E-state index contributed by atoms with van der Waals surface area (Å²) in [5, 5.41) is 0.459. The number of benzene rings is 2. The first-order chi connectivity index (χ1) is 16.4. The van der Waals surface area contributed by atoms with Gasteiger partial charge in [0.05, 0.1) is 29.0 Å². The van der Waals surface area contributed by atoms with E-state index in [2.05, 4.69) is 11.9 Å². The number of halogens is 1. The van der Waals surface area contributed by atoms with Crippen LogP contribution in [-0.2, 0) is 9.53 Å². The first kappa shape index (κ1) is 24.0. The molecule has 0 saturated carbocycles. The lowest BCUT2D eigenvalue weighted by Gasteiger charge is -2.25. The number of thiazole rings is 1. The third-order valence-corrected chi connectivity index (χ3v) is 6.69. The molecular formula is C26H25ClN2O4S. The quantitative estimate of drug-likeness (QED) is 0.459. The molecule has 8 heteroatoms. The molecule has 0 spiro atoms. The minimum atomic E-state index is -0.726. The fourth-order valence-corrected chi connectivity index (χ4v) is 5.10. The van der Waals surface area contributed by atoms with Crippen molar-refractivity contribution in [1.82, 2.24) is 4.57 Å². The van der Waals surface area contributed by atoms with Gasteiger partial charge in [0, 0.05) is 5.02 Å². The number of hydrogen-bond acceptors (Lipinski definition) is 6. The van der Waals surface area contributed by atoms with Crippen LogP contribution in [0, 0.1) is 0 Å². The summed E-state index contributed by atoms with van der Waals surface area (Å²) in [6, 6.07) is 14.1. The number of hydrogen-bond donors (Lipinski definition) is 0. The first-order valence-corrected chi connectivity index (χ1v) is 12.3. The van der Waals surface area contributed by atoms with E-state index in [4.69, 9.17) is 21.1 Å². The number of aromatic nitrogens is 1. The molecule has 2 aromatic carbocycles. The summed E-state index contributed by atoms with van der Waals surface area (Å²) in [4.78, 5) is 31.6. The van der Waals surface area contributed by atoms with Crippen LogP contribution in [0.4, 0.5) is 0 Å². The van der Waals surface area contributed by atoms with Crippen LogP contribution >= 0.6 is 22.9 Å². The van der Waals surface area contributed by atoms with Gasteiger partial charge in [-0.25, -0.2) is 9.79 Å². The molecule has 1 atom stereocenters.